The highest BCUT2D eigenvalue weighted by molar-refractivity contribution is 7.47. The van der Waals surface area contributed by atoms with Crippen molar-refractivity contribution < 1.29 is 80.2 Å². The molecular weight excluding hydrogens is 1260 g/mol. The summed E-state index contributed by atoms with van der Waals surface area (Å²) in [4.78, 5) is 72.8. The van der Waals surface area contributed by atoms with Crippen LogP contribution < -0.4 is 0 Å². The largest absolute Gasteiger partial charge is 0.472 e. The maximum atomic E-state index is 13.1. The van der Waals surface area contributed by atoms with E-state index in [-0.39, 0.29) is 25.7 Å². The molecule has 19 heteroatoms. The van der Waals surface area contributed by atoms with Crippen molar-refractivity contribution in [3.63, 3.8) is 0 Å². The van der Waals surface area contributed by atoms with Crippen molar-refractivity contribution in [2.45, 2.75) is 419 Å². The van der Waals surface area contributed by atoms with Gasteiger partial charge in [-0.05, 0) is 37.5 Å². The van der Waals surface area contributed by atoms with Crippen molar-refractivity contribution in [1.29, 1.82) is 0 Å². The second-order valence-electron chi connectivity index (χ2n) is 28.5. The SMILES string of the molecule is CCCCCCCCCCCCCCCCCCCCCCCC(=O)O[C@H](COC(=O)CCCCCCCCCCCCC(C)CC)COP(=O)(O)OC[C@@H](O)COP(=O)(O)OC[C@@H](COC(=O)CCCCCCCCCCCC)OC(=O)CCCCCCCCCCC(C)C. The normalized spacial score (nSPS) is 14.3. The predicted octanol–water partition coefficient (Wildman–Crippen LogP) is 22.7. The first kappa shape index (κ1) is 94.1. The molecule has 0 aromatic carbocycles. The topological polar surface area (TPSA) is 237 Å². The molecule has 17 nitrogen and oxygen atoms in total. The highest BCUT2D eigenvalue weighted by Crippen LogP contribution is 2.45. The number of phosphoric ester groups is 2. The van der Waals surface area contributed by atoms with Crippen LogP contribution in [0.4, 0.5) is 0 Å². The summed E-state index contributed by atoms with van der Waals surface area (Å²) in [6, 6.07) is 0. The van der Waals surface area contributed by atoms with Gasteiger partial charge in [0.25, 0.3) is 0 Å². The molecular formula is C77H150O17P2. The van der Waals surface area contributed by atoms with Gasteiger partial charge in [-0.2, -0.15) is 0 Å². The van der Waals surface area contributed by atoms with Gasteiger partial charge >= 0.3 is 39.5 Å². The number of aliphatic hydroxyl groups excluding tert-OH is 1. The molecule has 0 aromatic rings. The lowest BCUT2D eigenvalue weighted by atomic mass is 9.99. The number of esters is 4. The van der Waals surface area contributed by atoms with Crippen LogP contribution in [0.25, 0.3) is 0 Å². The van der Waals surface area contributed by atoms with E-state index in [9.17, 15) is 43.2 Å². The predicted molar refractivity (Wildman–Crippen MR) is 391 cm³/mol. The zero-order valence-corrected chi connectivity index (χ0v) is 64.5. The molecule has 6 atom stereocenters. The van der Waals surface area contributed by atoms with E-state index in [4.69, 9.17) is 37.0 Å². The van der Waals surface area contributed by atoms with Gasteiger partial charge in [-0.15, -0.1) is 0 Å². The summed E-state index contributed by atoms with van der Waals surface area (Å²) < 4.78 is 68.5. The number of aliphatic hydroxyl groups is 1. The average molecular weight is 1410 g/mol. The first-order valence-electron chi connectivity index (χ1n) is 40.0. The minimum absolute atomic E-state index is 0.105. The Hall–Kier alpha value is -1.94. The molecule has 0 aromatic heterocycles. The molecule has 3 N–H and O–H groups in total. The van der Waals surface area contributed by atoms with Crippen LogP contribution in [-0.2, 0) is 65.4 Å². The summed E-state index contributed by atoms with van der Waals surface area (Å²) in [6.07, 6.45) is 57.0. The van der Waals surface area contributed by atoms with Crippen molar-refractivity contribution in [2.24, 2.45) is 11.8 Å². The quantitative estimate of drug-likeness (QED) is 0.0222. The van der Waals surface area contributed by atoms with E-state index >= 15 is 0 Å². The third-order valence-electron chi connectivity index (χ3n) is 18.3. The van der Waals surface area contributed by atoms with Crippen LogP contribution in [0, 0.1) is 11.8 Å². The number of unbranched alkanes of at least 4 members (excludes halogenated alkanes) is 45. The van der Waals surface area contributed by atoms with Crippen LogP contribution in [0.1, 0.15) is 401 Å². The molecule has 0 aliphatic heterocycles. The zero-order valence-electron chi connectivity index (χ0n) is 62.7. The number of ether oxygens (including phenoxy) is 4. The molecule has 0 rings (SSSR count). The Morgan fingerprint density at radius 1 is 0.302 bits per heavy atom. The molecule has 3 unspecified atom stereocenters. The number of hydrogen-bond acceptors (Lipinski definition) is 15. The van der Waals surface area contributed by atoms with Crippen LogP contribution >= 0.6 is 15.6 Å². The van der Waals surface area contributed by atoms with Crippen molar-refractivity contribution >= 4 is 39.5 Å². The number of hydrogen-bond donors (Lipinski definition) is 3. The Morgan fingerprint density at radius 2 is 0.531 bits per heavy atom. The van der Waals surface area contributed by atoms with E-state index in [1.807, 2.05) is 0 Å². The molecule has 570 valence electrons. The monoisotopic (exact) mass is 1410 g/mol. The molecule has 0 spiro atoms. The maximum Gasteiger partial charge on any atom is 0.472 e. The van der Waals surface area contributed by atoms with E-state index in [0.29, 0.717) is 25.7 Å². The Labute approximate surface area is 588 Å². The zero-order chi connectivity index (χ0) is 70.7. The highest BCUT2D eigenvalue weighted by Gasteiger charge is 2.30. The van der Waals surface area contributed by atoms with E-state index < -0.39 is 97.5 Å². The second-order valence-corrected chi connectivity index (χ2v) is 31.4. The minimum atomic E-state index is -4.96. The maximum absolute atomic E-state index is 13.1. The van der Waals surface area contributed by atoms with E-state index in [1.54, 1.807) is 0 Å². The Morgan fingerprint density at radius 3 is 0.792 bits per heavy atom. The number of phosphoric acid groups is 2. The smallest absolute Gasteiger partial charge is 0.462 e. The molecule has 0 fully saturated rings. The van der Waals surface area contributed by atoms with Crippen molar-refractivity contribution in [2.75, 3.05) is 39.6 Å². The second kappa shape index (κ2) is 68.8. The fourth-order valence-electron chi connectivity index (χ4n) is 11.8. The Kier molecular flexibility index (Phi) is 67.4. The lowest BCUT2D eigenvalue weighted by Gasteiger charge is -2.21. The van der Waals surface area contributed by atoms with Gasteiger partial charge < -0.3 is 33.8 Å². The molecule has 96 heavy (non-hydrogen) atoms. The van der Waals surface area contributed by atoms with Gasteiger partial charge in [0.15, 0.2) is 12.2 Å². The van der Waals surface area contributed by atoms with E-state index in [2.05, 4.69) is 41.5 Å². The van der Waals surface area contributed by atoms with Gasteiger partial charge in [-0.3, -0.25) is 37.3 Å². The van der Waals surface area contributed by atoms with Crippen LogP contribution in [0.2, 0.25) is 0 Å². The fraction of sp³-hybridized carbons (Fsp3) is 0.948. The Bertz CT molecular complexity index is 1860. The van der Waals surface area contributed by atoms with Gasteiger partial charge in [-0.1, -0.05) is 350 Å². The highest BCUT2D eigenvalue weighted by atomic mass is 31.2. The van der Waals surface area contributed by atoms with Gasteiger partial charge in [0, 0.05) is 25.7 Å². The first-order valence-corrected chi connectivity index (χ1v) is 43.0. The van der Waals surface area contributed by atoms with Crippen LogP contribution in [0.5, 0.6) is 0 Å². The summed E-state index contributed by atoms with van der Waals surface area (Å²) in [5.41, 5.74) is 0. The third kappa shape index (κ3) is 69.2. The van der Waals surface area contributed by atoms with Crippen molar-refractivity contribution in [3.8, 4) is 0 Å². The summed E-state index contributed by atoms with van der Waals surface area (Å²) >= 11 is 0. The summed E-state index contributed by atoms with van der Waals surface area (Å²) in [6.45, 7) is 9.58. The summed E-state index contributed by atoms with van der Waals surface area (Å²) in [5, 5.41) is 10.6. The van der Waals surface area contributed by atoms with Gasteiger partial charge in [0.1, 0.15) is 19.3 Å². The summed E-state index contributed by atoms with van der Waals surface area (Å²) in [7, 11) is -9.91. The minimum Gasteiger partial charge on any atom is -0.462 e. The molecule has 0 aliphatic rings. The number of carbonyl (C=O) groups excluding carboxylic acids is 4. The van der Waals surface area contributed by atoms with Crippen LogP contribution in [0.3, 0.4) is 0 Å². The fourth-order valence-corrected chi connectivity index (χ4v) is 13.4. The molecule has 0 bridgehead atoms. The van der Waals surface area contributed by atoms with E-state index in [0.717, 1.165) is 102 Å². The van der Waals surface area contributed by atoms with Gasteiger partial charge in [0.05, 0.1) is 26.4 Å². The molecule has 0 saturated carbocycles. The molecule has 0 amide bonds. The average Bonchev–Trinajstić information content (AvgIpc) is 2.40. The number of carbonyl (C=O) groups is 4. The van der Waals surface area contributed by atoms with Crippen molar-refractivity contribution in [1.82, 2.24) is 0 Å². The third-order valence-corrected chi connectivity index (χ3v) is 20.2. The molecule has 0 aliphatic carbocycles. The molecule has 0 radical (unpaired) electrons. The van der Waals surface area contributed by atoms with Gasteiger partial charge in [-0.25, -0.2) is 9.13 Å². The number of rotatable bonds is 76. The van der Waals surface area contributed by atoms with Gasteiger partial charge in [0.2, 0.25) is 0 Å². The lowest BCUT2D eigenvalue weighted by molar-refractivity contribution is -0.161. The standard InChI is InChI=1S/C77H150O17P2/c1-7-10-12-14-16-18-20-21-22-23-24-25-26-27-28-29-30-36-43-49-55-61-76(81)93-72(65-88-75(80)60-54-48-42-35-32-31-33-40-46-52-58-70(6)9-3)67-91-95(83,84)89-63-71(78)64-90-96(85,86)92-68-73(66-87-74(79)59-53-47-41-34-19-17-15-13-11-8-2)94-77(82)62-56-50-44-38-37-39-45-51-57-69(4)5/h69-73,78H,7-68H2,1-6H3,(H,83,84)(H,85,86)/t70?,71-,72-,73-/m1/s1. The first-order chi connectivity index (χ1) is 46.4. The van der Waals surface area contributed by atoms with Crippen LogP contribution in [0.15, 0.2) is 0 Å². The molecule has 0 saturated heterocycles. The van der Waals surface area contributed by atoms with Crippen molar-refractivity contribution in [3.05, 3.63) is 0 Å². The Balaban J connectivity index is 5.20. The van der Waals surface area contributed by atoms with E-state index in [1.165, 1.54) is 218 Å². The lowest BCUT2D eigenvalue weighted by Crippen LogP contribution is -2.30. The van der Waals surface area contributed by atoms with Crippen LogP contribution in [-0.4, -0.2) is 96.7 Å². The summed E-state index contributed by atoms with van der Waals surface area (Å²) in [5.74, 6) is -0.589. The molecule has 0 heterocycles.